The molecule has 2 heterocycles. The zero-order chi connectivity index (χ0) is 20.3. The molecule has 0 spiro atoms. The molecule has 1 aromatic carbocycles. The lowest BCUT2D eigenvalue weighted by Crippen LogP contribution is -2.48. The van der Waals surface area contributed by atoms with Crippen molar-refractivity contribution in [2.75, 3.05) is 52.1 Å². The predicted octanol–water partition coefficient (Wildman–Crippen LogP) is 2.61. The van der Waals surface area contributed by atoms with Crippen molar-refractivity contribution >= 4 is 27.7 Å². The highest BCUT2D eigenvalue weighted by molar-refractivity contribution is 7.98. The van der Waals surface area contributed by atoms with Crippen LogP contribution in [0.3, 0.4) is 0 Å². The number of rotatable bonds is 5. The summed E-state index contributed by atoms with van der Waals surface area (Å²) >= 11 is 1.48. The molecule has 0 saturated carbocycles. The summed E-state index contributed by atoms with van der Waals surface area (Å²) in [6, 6.07) is 5.01. The summed E-state index contributed by atoms with van der Waals surface area (Å²) in [5.74, 6) is 0.585. The molecule has 0 atom stereocenters. The molecule has 28 heavy (non-hydrogen) atoms. The van der Waals surface area contributed by atoms with E-state index in [-0.39, 0.29) is 10.8 Å². The van der Waals surface area contributed by atoms with E-state index in [1.54, 1.807) is 22.5 Å². The highest BCUT2D eigenvalue weighted by atomic mass is 32.2. The maximum atomic E-state index is 13.2. The average Bonchev–Trinajstić information content (AvgIpc) is 2.73. The second-order valence-corrected chi connectivity index (χ2v) is 10.5. The first-order valence-corrected chi connectivity index (χ1v) is 12.7. The number of thioether (sulfide) groups is 1. The van der Waals surface area contributed by atoms with E-state index in [2.05, 4.69) is 18.7 Å². The Labute approximate surface area is 173 Å². The number of piperazine rings is 1. The third-order valence-corrected chi connectivity index (χ3v) is 8.58. The van der Waals surface area contributed by atoms with E-state index in [1.165, 1.54) is 11.8 Å². The number of piperidine rings is 1. The van der Waals surface area contributed by atoms with Crippen LogP contribution in [0.15, 0.2) is 28.0 Å². The van der Waals surface area contributed by atoms with E-state index in [9.17, 15) is 13.2 Å². The summed E-state index contributed by atoms with van der Waals surface area (Å²) in [6.45, 7) is 9.19. The van der Waals surface area contributed by atoms with E-state index in [0.717, 1.165) is 50.5 Å². The Balaban J connectivity index is 1.85. The van der Waals surface area contributed by atoms with Gasteiger partial charge in [-0.2, -0.15) is 4.31 Å². The van der Waals surface area contributed by atoms with Gasteiger partial charge >= 0.3 is 0 Å². The average molecular weight is 426 g/mol. The summed E-state index contributed by atoms with van der Waals surface area (Å²) in [5.41, 5.74) is 0.510. The number of hydrogen-bond donors (Lipinski definition) is 0. The number of likely N-dealkylation sites (tertiary alicyclic amines) is 1. The van der Waals surface area contributed by atoms with E-state index in [1.807, 2.05) is 11.2 Å². The van der Waals surface area contributed by atoms with Gasteiger partial charge in [0, 0.05) is 44.2 Å². The molecular weight excluding hydrogens is 394 g/mol. The Morgan fingerprint density at radius 2 is 1.75 bits per heavy atom. The smallest absolute Gasteiger partial charge is 0.255 e. The molecule has 2 fully saturated rings. The van der Waals surface area contributed by atoms with Crippen LogP contribution >= 0.6 is 11.8 Å². The number of hydrogen-bond acceptors (Lipinski definition) is 5. The molecule has 0 aromatic heterocycles. The maximum Gasteiger partial charge on any atom is 0.255 e. The zero-order valence-electron chi connectivity index (χ0n) is 17.1. The van der Waals surface area contributed by atoms with Crippen molar-refractivity contribution in [3.05, 3.63) is 23.8 Å². The van der Waals surface area contributed by atoms with Crippen LogP contribution in [0.2, 0.25) is 0 Å². The van der Waals surface area contributed by atoms with Crippen molar-refractivity contribution in [2.45, 2.75) is 36.5 Å². The van der Waals surface area contributed by atoms with Gasteiger partial charge < -0.3 is 9.80 Å². The Kier molecular flexibility index (Phi) is 7.07. The summed E-state index contributed by atoms with van der Waals surface area (Å²) in [7, 11) is -3.59. The molecule has 1 amide bonds. The van der Waals surface area contributed by atoms with Crippen LogP contribution in [-0.4, -0.2) is 80.5 Å². The maximum absolute atomic E-state index is 13.2. The Hall–Kier alpha value is -1.09. The lowest BCUT2D eigenvalue weighted by Gasteiger charge is -2.33. The molecule has 0 N–H and O–H groups in total. The molecule has 156 valence electrons. The fraction of sp³-hybridized carbons (Fsp3) is 0.650. The summed E-state index contributed by atoms with van der Waals surface area (Å²) in [4.78, 5) is 18.3. The molecule has 6 nitrogen and oxygen atoms in total. The highest BCUT2D eigenvalue weighted by Gasteiger charge is 2.30. The van der Waals surface area contributed by atoms with Crippen molar-refractivity contribution in [3.63, 3.8) is 0 Å². The second kappa shape index (κ2) is 9.15. The number of benzene rings is 1. The number of carbonyl (C=O) groups excluding carboxylic acids is 1. The van der Waals surface area contributed by atoms with Gasteiger partial charge in [0.15, 0.2) is 0 Å². The zero-order valence-corrected chi connectivity index (χ0v) is 18.7. The topological polar surface area (TPSA) is 60.9 Å². The fourth-order valence-electron chi connectivity index (χ4n) is 3.83. The van der Waals surface area contributed by atoms with E-state index in [0.29, 0.717) is 24.6 Å². The summed E-state index contributed by atoms with van der Waals surface area (Å²) in [6.07, 6.45) is 3.92. The molecule has 2 aliphatic heterocycles. The highest BCUT2D eigenvalue weighted by Crippen LogP contribution is 2.28. The van der Waals surface area contributed by atoms with Crippen LogP contribution < -0.4 is 0 Å². The molecule has 0 aliphatic carbocycles. The van der Waals surface area contributed by atoms with Crippen LogP contribution in [0.25, 0.3) is 0 Å². The number of nitrogens with zero attached hydrogens (tertiary/aromatic N) is 3. The minimum absolute atomic E-state index is 0.0518. The van der Waals surface area contributed by atoms with Gasteiger partial charge in [0.25, 0.3) is 5.91 Å². The van der Waals surface area contributed by atoms with E-state index >= 15 is 0 Å². The predicted molar refractivity (Wildman–Crippen MR) is 113 cm³/mol. The molecule has 0 radical (unpaired) electrons. The Morgan fingerprint density at radius 1 is 1.11 bits per heavy atom. The minimum Gasteiger partial charge on any atom is -0.339 e. The number of amides is 1. The van der Waals surface area contributed by atoms with E-state index in [4.69, 9.17) is 0 Å². The quantitative estimate of drug-likeness (QED) is 0.679. The molecule has 8 heteroatoms. The first-order chi connectivity index (χ1) is 13.4. The SMILES string of the molecule is CCN1CCN(S(=O)(=O)c2ccc(SC)c(C(=O)N3CCC(C)CC3)c2)CC1. The Bertz CT molecular complexity index is 797. The largest absolute Gasteiger partial charge is 0.339 e. The number of carbonyl (C=O) groups is 1. The lowest BCUT2D eigenvalue weighted by atomic mass is 9.98. The first-order valence-electron chi connectivity index (χ1n) is 10.1. The van der Waals surface area contributed by atoms with Crippen LogP contribution in [0.4, 0.5) is 0 Å². The molecule has 1 aromatic rings. The van der Waals surface area contributed by atoms with Gasteiger partial charge in [0.1, 0.15) is 0 Å². The third kappa shape index (κ3) is 4.56. The molecule has 0 unspecified atom stereocenters. The molecular formula is C20H31N3O3S2. The van der Waals surface area contributed by atoms with Crippen molar-refractivity contribution in [1.82, 2.24) is 14.1 Å². The van der Waals surface area contributed by atoms with Crippen molar-refractivity contribution < 1.29 is 13.2 Å². The van der Waals surface area contributed by atoms with Crippen LogP contribution in [0, 0.1) is 5.92 Å². The van der Waals surface area contributed by atoms with Gasteiger partial charge in [-0.25, -0.2) is 8.42 Å². The lowest BCUT2D eigenvalue weighted by molar-refractivity contribution is 0.0693. The van der Waals surface area contributed by atoms with Crippen LogP contribution in [0.5, 0.6) is 0 Å². The molecule has 2 saturated heterocycles. The summed E-state index contributed by atoms with van der Waals surface area (Å²) < 4.78 is 27.8. The number of likely N-dealkylation sites (N-methyl/N-ethyl adjacent to an activating group) is 1. The van der Waals surface area contributed by atoms with Gasteiger partial charge in [-0.1, -0.05) is 13.8 Å². The molecule has 3 rings (SSSR count). The molecule has 2 aliphatic rings. The van der Waals surface area contributed by atoms with Crippen molar-refractivity contribution in [2.24, 2.45) is 5.92 Å². The number of sulfonamides is 1. The van der Waals surface area contributed by atoms with Gasteiger partial charge in [0.05, 0.1) is 10.5 Å². The van der Waals surface area contributed by atoms with Crippen LogP contribution in [0.1, 0.15) is 37.0 Å². The monoisotopic (exact) mass is 425 g/mol. The van der Waals surface area contributed by atoms with Gasteiger partial charge in [-0.05, 0) is 49.8 Å². The van der Waals surface area contributed by atoms with Crippen molar-refractivity contribution in [3.8, 4) is 0 Å². The fourth-order valence-corrected chi connectivity index (χ4v) is 5.85. The van der Waals surface area contributed by atoms with Crippen molar-refractivity contribution in [1.29, 1.82) is 0 Å². The first kappa shape index (κ1) is 21.6. The minimum atomic E-state index is -3.59. The normalized spacial score (nSPS) is 20.5. The van der Waals surface area contributed by atoms with Gasteiger partial charge in [-0.3, -0.25) is 4.79 Å². The van der Waals surface area contributed by atoms with E-state index < -0.39 is 10.0 Å². The standard InChI is InChI=1S/C20H31N3O3S2/c1-4-21-11-13-23(14-12-21)28(25,26)17-5-6-19(27-3)18(15-17)20(24)22-9-7-16(2)8-10-22/h5-6,15-16H,4,7-14H2,1-3H3. The van der Waals surface area contributed by atoms with Gasteiger partial charge in [-0.15, -0.1) is 11.8 Å². The Morgan fingerprint density at radius 3 is 2.32 bits per heavy atom. The second-order valence-electron chi connectivity index (χ2n) is 7.68. The van der Waals surface area contributed by atoms with Crippen LogP contribution in [-0.2, 0) is 10.0 Å². The summed E-state index contributed by atoms with van der Waals surface area (Å²) in [5, 5.41) is 0. The third-order valence-electron chi connectivity index (χ3n) is 5.89. The molecule has 0 bridgehead atoms. The van der Waals surface area contributed by atoms with Gasteiger partial charge in [0.2, 0.25) is 10.0 Å².